The van der Waals surface area contributed by atoms with Gasteiger partial charge in [0.2, 0.25) is 0 Å². The van der Waals surface area contributed by atoms with Gasteiger partial charge in [0.05, 0.1) is 13.2 Å². The average molecular weight is 389 g/mol. The summed E-state index contributed by atoms with van der Waals surface area (Å²) in [5, 5.41) is 6.30. The quantitative estimate of drug-likeness (QED) is 0.361. The fraction of sp³-hybridized carbons (Fsp3) is 0.357. The van der Waals surface area contributed by atoms with Crippen molar-refractivity contribution in [1.29, 1.82) is 0 Å². The number of hydrogen-bond acceptors (Lipinski definition) is 3. The van der Waals surface area contributed by atoms with Gasteiger partial charge in [0.25, 0.3) is 0 Å². The smallest absolute Gasteiger partial charge is 0.195 e. The normalized spacial score (nSPS) is 13.8. The van der Waals surface area contributed by atoms with Crippen LogP contribution in [-0.2, 0) is 0 Å². The molecule has 0 bridgehead atoms. The number of anilines is 1. The number of aliphatic imine (C=N–C) groups is 1. The number of nitrogens with one attached hydrogen (secondary N) is 2. The highest BCUT2D eigenvalue weighted by atomic mass is 127. The van der Waals surface area contributed by atoms with Crippen molar-refractivity contribution in [2.75, 3.05) is 32.1 Å². The second-order valence-electron chi connectivity index (χ2n) is 4.08. The molecule has 2 rings (SSSR count). The van der Waals surface area contributed by atoms with Crippen molar-refractivity contribution in [2.45, 2.75) is 6.42 Å². The Kier molecular flexibility index (Phi) is 7.21. The number of halogens is 1. The minimum Gasteiger partial charge on any atom is -0.490 e. The number of benzene rings is 1. The Balaban J connectivity index is 0.00000200. The second kappa shape index (κ2) is 8.68. The van der Waals surface area contributed by atoms with Gasteiger partial charge in [-0.1, -0.05) is 6.08 Å². The summed E-state index contributed by atoms with van der Waals surface area (Å²) in [6.07, 6.45) is 2.68. The summed E-state index contributed by atoms with van der Waals surface area (Å²) < 4.78 is 11.2. The molecule has 5 nitrogen and oxygen atoms in total. The van der Waals surface area contributed by atoms with Gasteiger partial charge < -0.3 is 20.1 Å². The van der Waals surface area contributed by atoms with E-state index < -0.39 is 0 Å². The summed E-state index contributed by atoms with van der Waals surface area (Å²) in [6, 6.07) is 5.76. The van der Waals surface area contributed by atoms with Crippen molar-refractivity contribution in [3.8, 4) is 11.5 Å². The molecule has 1 aliphatic heterocycles. The molecule has 2 N–H and O–H groups in total. The molecule has 1 aliphatic rings. The molecule has 0 unspecified atom stereocenters. The number of rotatable bonds is 3. The van der Waals surface area contributed by atoms with Gasteiger partial charge in [0, 0.05) is 31.8 Å². The molecule has 0 aliphatic carbocycles. The van der Waals surface area contributed by atoms with Crippen molar-refractivity contribution in [1.82, 2.24) is 5.32 Å². The highest BCUT2D eigenvalue weighted by molar-refractivity contribution is 14.0. The second-order valence-corrected chi connectivity index (χ2v) is 4.08. The lowest BCUT2D eigenvalue weighted by Crippen LogP contribution is -2.30. The highest BCUT2D eigenvalue weighted by Crippen LogP contribution is 2.32. The lowest BCUT2D eigenvalue weighted by atomic mass is 10.3. The fourth-order valence-electron chi connectivity index (χ4n) is 1.73. The van der Waals surface area contributed by atoms with E-state index in [2.05, 4.69) is 22.2 Å². The van der Waals surface area contributed by atoms with Crippen LogP contribution in [0, 0.1) is 0 Å². The van der Waals surface area contributed by atoms with Gasteiger partial charge in [-0.15, -0.1) is 30.6 Å². The van der Waals surface area contributed by atoms with Crippen LogP contribution in [0.1, 0.15) is 6.42 Å². The summed E-state index contributed by atoms with van der Waals surface area (Å²) in [5.41, 5.74) is 0.904. The van der Waals surface area contributed by atoms with Crippen molar-refractivity contribution in [2.24, 2.45) is 4.99 Å². The maximum atomic E-state index is 5.64. The van der Waals surface area contributed by atoms with Gasteiger partial charge in [-0.2, -0.15) is 0 Å². The van der Waals surface area contributed by atoms with Crippen molar-refractivity contribution in [3.05, 3.63) is 30.9 Å². The van der Waals surface area contributed by atoms with Crippen LogP contribution in [0.25, 0.3) is 0 Å². The van der Waals surface area contributed by atoms with Crippen LogP contribution in [0.4, 0.5) is 5.69 Å². The van der Waals surface area contributed by atoms with E-state index in [1.165, 1.54) is 0 Å². The average Bonchev–Trinajstić information content (AvgIpc) is 2.68. The topological polar surface area (TPSA) is 54.9 Å². The Bertz CT molecular complexity index is 477. The van der Waals surface area contributed by atoms with Gasteiger partial charge in [-0.3, -0.25) is 4.99 Å². The highest BCUT2D eigenvalue weighted by Gasteiger charge is 2.11. The minimum atomic E-state index is 0. The fourth-order valence-corrected chi connectivity index (χ4v) is 1.73. The van der Waals surface area contributed by atoms with E-state index in [1.807, 2.05) is 18.2 Å². The molecule has 0 atom stereocenters. The molecule has 1 aromatic carbocycles. The van der Waals surface area contributed by atoms with Gasteiger partial charge >= 0.3 is 0 Å². The number of hydrogen-bond donors (Lipinski definition) is 2. The van der Waals surface area contributed by atoms with Crippen LogP contribution in [0.15, 0.2) is 35.8 Å². The Morgan fingerprint density at radius 2 is 2.10 bits per heavy atom. The minimum absolute atomic E-state index is 0. The van der Waals surface area contributed by atoms with Crippen LogP contribution >= 0.6 is 24.0 Å². The van der Waals surface area contributed by atoms with E-state index in [1.54, 1.807) is 13.1 Å². The van der Waals surface area contributed by atoms with Crippen LogP contribution < -0.4 is 20.1 Å². The molecule has 20 heavy (non-hydrogen) atoms. The first-order valence-electron chi connectivity index (χ1n) is 6.31. The Morgan fingerprint density at radius 3 is 2.80 bits per heavy atom. The lowest BCUT2D eigenvalue weighted by Gasteiger charge is -2.13. The molecule has 110 valence electrons. The molecule has 0 saturated carbocycles. The third-order valence-corrected chi connectivity index (χ3v) is 2.65. The Hall–Kier alpha value is -1.44. The summed E-state index contributed by atoms with van der Waals surface area (Å²) in [7, 11) is 1.72. The summed E-state index contributed by atoms with van der Waals surface area (Å²) >= 11 is 0. The molecule has 1 heterocycles. The molecule has 0 aromatic heterocycles. The molecule has 0 spiro atoms. The van der Waals surface area contributed by atoms with Gasteiger partial charge in [-0.05, 0) is 12.1 Å². The van der Waals surface area contributed by atoms with E-state index in [9.17, 15) is 0 Å². The van der Waals surface area contributed by atoms with Crippen LogP contribution in [0.2, 0.25) is 0 Å². The van der Waals surface area contributed by atoms with Crippen molar-refractivity contribution >= 4 is 35.6 Å². The third kappa shape index (κ3) is 4.59. The summed E-state index contributed by atoms with van der Waals surface area (Å²) in [4.78, 5) is 4.13. The van der Waals surface area contributed by atoms with Gasteiger partial charge in [0.1, 0.15) is 0 Å². The number of guanidine groups is 1. The zero-order chi connectivity index (χ0) is 13.5. The van der Waals surface area contributed by atoms with Crippen LogP contribution in [0.5, 0.6) is 11.5 Å². The Labute approximate surface area is 136 Å². The third-order valence-electron chi connectivity index (χ3n) is 2.65. The van der Waals surface area contributed by atoms with Crippen molar-refractivity contribution < 1.29 is 9.47 Å². The van der Waals surface area contributed by atoms with Crippen molar-refractivity contribution in [3.63, 3.8) is 0 Å². The number of fused-ring (bicyclic) bond motifs is 1. The molecule has 6 heteroatoms. The first-order valence-corrected chi connectivity index (χ1v) is 6.31. The van der Waals surface area contributed by atoms with Crippen LogP contribution in [-0.4, -0.2) is 32.8 Å². The largest absolute Gasteiger partial charge is 0.490 e. The maximum absolute atomic E-state index is 5.64. The monoisotopic (exact) mass is 389 g/mol. The summed E-state index contributed by atoms with van der Waals surface area (Å²) in [6.45, 7) is 5.69. The number of ether oxygens (including phenoxy) is 2. The first kappa shape index (κ1) is 16.6. The Morgan fingerprint density at radius 1 is 1.35 bits per heavy atom. The molecular weight excluding hydrogens is 369 g/mol. The van der Waals surface area contributed by atoms with Crippen LogP contribution in [0.3, 0.4) is 0 Å². The molecular formula is C14H20IN3O2. The molecule has 0 amide bonds. The molecule has 0 radical (unpaired) electrons. The zero-order valence-electron chi connectivity index (χ0n) is 11.5. The van der Waals surface area contributed by atoms with E-state index in [0.717, 1.165) is 23.6 Å². The standard InChI is InChI=1S/C14H19N3O2.HI/c1-3-7-16-14(15-2)17-11-5-6-12-13(10-11)19-9-4-8-18-12;/h3,5-6,10H,1,4,7-9H2,2H3,(H2,15,16,17);1H. The predicted molar refractivity (Wildman–Crippen MR) is 92.6 cm³/mol. The lowest BCUT2D eigenvalue weighted by molar-refractivity contribution is 0.297. The van der Waals surface area contributed by atoms with Gasteiger partial charge in [0.15, 0.2) is 17.5 Å². The summed E-state index contributed by atoms with van der Waals surface area (Å²) in [5.74, 6) is 2.24. The van der Waals surface area contributed by atoms with E-state index in [-0.39, 0.29) is 24.0 Å². The van der Waals surface area contributed by atoms with E-state index in [0.29, 0.717) is 25.7 Å². The molecule has 1 aromatic rings. The maximum Gasteiger partial charge on any atom is 0.195 e. The van der Waals surface area contributed by atoms with E-state index in [4.69, 9.17) is 9.47 Å². The van der Waals surface area contributed by atoms with E-state index >= 15 is 0 Å². The predicted octanol–water partition coefficient (Wildman–Crippen LogP) is 2.64. The molecule has 0 fully saturated rings. The number of nitrogens with zero attached hydrogens (tertiary/aromatic N) is 1. The SMILES string of the molecule is C=CCNC(=NC)Nc1ccc2c(c1)OCCCO2.I. The first-order chi connectivity index (χ1) is 9.33. The zero-order valence-corrected chi connectivity index (χ0v) is 13.8. The molecule has 0 saturated heterocycles. The van der Waals surface area contributed by atoms with Gasteiger partial charge in [-0.25, -0.2) is 0 Å².